The average molecular weight is 585 g/mol. The lowest BCUT2D eigenvalue weighted by atomic mass is 9.99. The number of phenolic OH excluding ortho intramolecular Hbond substituents is 1. The van der Waals surface area contributed by atoms with Crippen LogP contribution in [0.2, 0.25) is 0 Å². The molecule has 1 unspecified atom stereocenters. The third kappa shape index (κ3) is 6.60. The van der Waals surface area contributed by atoms with Gasteiger partial charge in [0, 0.05) is 35.1 Å². The third-order valence-corrected chi connectivity index (χ3v) is 7.57. The maximum absolute atomic E-state index is 13.4. The monoisotopic (exact) mass is 584 g/mol. The molecule has 0 spiro atoms. The number of anilines is 1. The van der Waals surface area contributed by atoms with E-state index in [4.69, 9.17) is 4.42 Å². The molecule has 1 atom stereocenters. The van der Waals surface area contributed by atoms with Crippen LogP contribution in [-0.4, -0.2) is 32.9 Å². The lowest BCUT2D eigenvalue weighted by molar-refractivity contribution is 0.0939. The second-order valence-electron chi connectivity index (χ2n) is 10.9. The van der Waals surface area contributed by atoms with E-state index in [-0.39, 0.29) is 29.4 Å². The molecule has 3 N–H and O–H groups in total. The van der Waals surface area contributed by atoms with Gasteiger partial charge >= 0.3 is 0 Å². The highest BCUT2D eigenvalue weighted by molar-refractivity contribution is 6.05. The van der Waals surface area contributed by atoms with Crippen LogP contribution >= 0.6 is 0 Å². The highest BCUT2D eigenvalue weighted by Crippen LogP contribution is 2.25. The van der Waals surface area contributed by atoms with Gasteiger partial charge in [0.15, 0.2) is 5.76 Å². The van der Waals surface area contributed by atoms with Gasteiger partial charge in [-0.1, -0.05) is 42.5 Å². The lowest BCUT2D eigenvalue weighted by Gasteiger charge is -2.17. The molecular formula is C36H32N4O4. The van der Waals surface area contributed by atoms with Gasteiger partial charge in [0.25, 0.3) is 11.8 Å². The van der Waals surface area contributed by atoms with Crippen LogP contribution < -0.4 is 10.6 Å². The van der Waals surface area contributed by atoms with Crippen LogP contribution in [0, 0.1) is 0 Å². The molecule has 2 aromatic heterocycles. The SMILES string of the molecule is CC(Cc1cccc2nccnc12)NC(=O)c1ccc(NC(=O)c2cc3ccccc3o2)c(CCCc2cccc(O)c2)c1. The summed E-state index contributed by atoms with van der Waals surface area (Å²) >= 11 is 0. The number of benzene rings is 4. The molecule has 2 amide bonds. The number of carbonyl (C=O) groups excluding carboxylic acids is 2. The predicted octanol–water partition coefficient (Wildman–Crippen LogP) is 6.87. The first-order chi connectivity index (χ1) is 21.4. The number of aromatic hydroxyl groups is 1. The van der Waals surface area contributed by atoms with Crippen LogP contribution in [-0.2, 0) is 19.3 Å². The molecule has 0 aliphatic rings. The van der Waals surface area contributed by atoms with Crippen molar-refractivity contribution >= 4 is 39.5 Å². The molecule has 0 aliphatic carbocycles. The van der Waals surface area contributed by atoms with Crippen molar-refractivity contribution in [2.24, 2.45) is 0 Å². The zero-order valence-electron chi connectivity index (χ0n) is 24.3. The van der Waals surface area contributed by atoms with Crippen molar-refractivity contribution in [3.05, 3.63) is 131 Å². The first-order valence-electron chi connectivity index (χ1n) is 14.6. The Labute approximate surface area is 254 Å². The van der Waals surface area contributed by atoms with Crippen LogP contribution in [0.1, 0.15) is 50.9 Å². The van der Waals surface area contributed by atoms with Gasteiger partial charge in [-0.15, -0.1) is 0 Å². The molecule has 220 valence electrons. The van der Waals surface area contributed by atoms with Crippen molar-refractivity contribution in [2.45, 2.75) is 38.6 Å². The van der Waals surface area contributed by atoms with Gasteiger partial charge in [-0.2, -0.15) is 0 Å². The number of aryl methyl sites for hydroxylation is 2. The van der Waals surface area contributed by atoms with Gasteiger partial charge in [0.2, 0.25) is 0 Å². The molecule has 2 heterocycles. The van der Waals surface area contributed by atoms with Crippen molar-refractivity contribution in [1.29, 1.82) is 0 Å². The number of fused-ring (bicyclic) bond motifs is 2. The summed E-state index contributed by atoms with van der Waals surface area (Å²) in [6, 6.07) is 27.4. The minimum atomic E-state index is -0.362. The standard InChI is InChI=1S/C36H32N4O4/c1-23(19-27-11-6-13-31-34(27)38-18-17-37-31)39-35(42)28-15-16-30(25(21-28)10-4-7-24-8-5-12-29(41)20-24)40-36(43)33-22-26-9-2-3-14-32(26)44-33/h2-3,5-6,8-9,11-18,20-23,41H,4,7,10,19H2,1H3,(H,39,42)(H,40,43). The number of nitrogens with one attached hydrogen (secondary N) is 2. The predicted molar refractivity (Wildman–Crippen MR) is 171 cm³/mol. The Bertz CT molecular complexity index is 1930. The van der Waals surface area contributed by atoms with E-state index in [9.17, 15) is 14.7 Å². The van der Waals surface area contributed by atoms with E-state index in [0.29, 0.717) is 29.7 Å². The topological polar surface area (TPSA) is 117 Å². The first kappa shape index (κ1) is 28.6. The molecule has 0 aliphatic heterocycles. The van der Waals surface area contributed by atoms with Crippen LogP contribution in [0.4, 0.5) is 5.69 Å². The number of furan rings is 1. The van der Waals surface area contributed by atoms with Gasteiger partial charge in [0.1, 0.15) is 11.3 Å². The van der Waals surface area contributed by atoms with Crippen LogP contribution in [0.25, 0.3) is 22.0 Å². The number of amides is 2. The van der Waals surface area contributed by atoms with E-state index in [0.717, 1.165) is 46.0 Å². The number of nitrogens with zero attached hydrogens (tertiary/aromatic N) is 2. The Hall–Kier alpha value is -5.50. The van der Waals surface area contributed by atoms with Crippen molar-refractivity contribution in [1.82, 2.24) is 15.3 Å². The molecule has 0 radical (unpaired) electrons. The number of carbonyl (C=O) groups is 2. The molecule has 6 rings (SSSR count). The Morgan fingerprint density at radius 3 is 2.55 bits per heavy atom. The fourth-order valence-electron chi connectivity index (χ4n) is 5.44. The summed E-state index contributed by atoms with van der Waals surface area (Å²) in [7, 11) is 0. The summed E-state index contributed by atoms with van der Waals surface area (Å²) in [5, 5.41) is 16.8. The highest BCUT2D eigenvalue weighted by atomic mass is 16.3. The molecule has 0 bridgehead atoms. The summed E-state index contributed by atoms with van der Waals surface area (Å²) < 4.78 is 5.77. The number of para-hydroxylation sites is 2. The van der Waals surface area contributed by atoms with Crippen molar-refractivity contribution in [3.63, 3.8) is 0 Å². The van der Waals surface area contributed by atoms with Crippen molar-refractivity contribution < 1.29 is 19.1 Å². The van der Waals surface area contributed by atoms with Gasteiger partial charge < -0.3 is 20.2 Å². The smallest absolute Gasteiger partial charge is 0.291 e. The summed E-state index contributed by atoms with van der Waals surface area (Å²) in [6.45, 7) is 1.96. The zero-order chi connectivity index (χ0) is 30.5. The van der Waals surface area contributed by atoms with E-state index in [1.54, 1.807) is 42.7 Å². The number of hydrogen-bond donors (Lipinski definition) is 3. The van der Waals surface area contributed by atoms with Crippen molar-refractivity contribution in [2.75, 3.05) is 5.32 Å². The van der Waals surface area contributed by atoms with E-state index < -0.39 is 0 Å². The molecule has 8 heteroatoms. The molecule has 0 saturated carbocycles. The van der Waals surface area contributed by atoms with Crippen LogP contribution in [0.3, 0.4) is 0 Å². The quantitative estimate of drug-likeness (QED) is 0.162. The maximum Gasteiger partial charge on any atom is 0.291 e. The zero-order valence-corrected chi connectivity index (χ0v) is 24.3. The third-order valence-electron chi connectivity index (χ3n) is 7.57. The summed E-state index contributed by atoms with van der Waals surface area (Å²) in [5.41, 5.74) is 6.26. The largest absolute Gasteiger partial charge is 0.508 e. The number of hydrogen-bond acceptors (Lipinski definition) is 6. The molecule has 8 nitrogen and oxygen atoms in total. The molecule has 4 aromatic carbocycles. The number of phenols is 1. The normalized spacial score (nSPS) is 11.8. The summed E-state index contributed by atoms with van der Waals surface area (Å²) in [6.07, 6.45) is 6.03. The minimum absolute atomic E-state index is 0.156. The van der Waals surface area contributed by atoms with Crippen molar-refractivity contribution in [3.8, 4) is 5.75 Å². The van der Waals surface area contributed by atoms with Gasteiger partial charge in [-0.3, -0.25) is 19.6 Å². The Balaban J connectivity index is 1.19. The summed E-state index contributed by atoms with van der Waals surface area (Å²) in [4.78, 5) is 35.4. The average Bonchev–Trinajstić information content (AvgIpc) is 3.47. The molecule has 0 fully saturated rings. The van der Waals surface area contributed by atoms with Crippen LogP contribution in [0.5, 0.6) is 5.75 Å². The summed E-state index contributed by atoms with van der Waals surface area (Å²) in [5.74, 6) is -0.122. The fraction of sp³-hybridized carbons (Fsp3) is 0.167. The van der Waals surface area contributed by atoms with Gasteiger partial charge in [-0.05, 0) is 97.8 Å². The second kappa shape index (κ2) is 12.8. The Morgan fingerprint density at radius 2 is 1.68 bits per heavy atom. The maximum atomic E-state index is 13.4. The first-order valence-corrected chi connectivity index (χ1v) is 14.6. The second-order valence-corrected chi connectivity index (χ2v) is 10.9. The van der Waals surface area contributed by atoms with E-state index in [1.807, 2.05) is 67.6 Å². The lowest BCUT2D eigenvalue weighted by Crippen LogP contribution is -2.34. The van der Waals surface area contributed by atoms with Crippen LogP contribution in [0.15, 0.2) is 108 Å². The fourth-order valence-corrected chi connectivity index (χ4v) is 5.44. The molecular weight excluding hydrogens is 552 g/mol. The number of aromatic nitrogens is 2. The van der Waals surface area contributed by atoms with E-state index >= 15 is 0 Å². The van der Waals surface area contributed by atoms with E-state index in [2.05, 4.69) is 20.6 Å². The Morgan fingerprint density at radius 1 is 0.841 bits per heavy atom. The van der Waals surface area contributed by atoms with E-state index in [1.165, 1.54) is 0 Å². The molecule has 0 saturated heterocycles. The Kier molecular flexibility index (Phi) is 8.32. The van der Waals surface area contributed by atoms with Gasteiger partial charge in [-0.25, -0.2) is 0 Å². The molecule has 44 heavy (non-hydrogen) atoms. The number of rotatable bonds is 10. The minimum Gasteiger partial charge on any atom is -0.508 e. The highest BCUT2D eigenvalue weighted by Gasteiger charge is 2.18. The van der Waals surface area contributed by atoms with Gasteiger partial charge in [0.05, 0.1) is 11.0 Å². The molecule has 6 aromatic rings.